The molecular formula is C12H14ClFO3S. The second-order valence-electron chi connectivity index (χ2n) is 3.89. The van der Waals surface area contributed by atoms with Crippen LogP contribution in [0.2, 0.25) is 5.02 Å². The minimum atomic E-state index is -3.08. The van der Waals surface area contributed by atoms with Gasteiger partial charge in [0.25, 0.3) is 0 Å². The Hall–Kier alpha value is -0.940. The Balaban J connectivity index is 2.61. The van der Waals surface area contributed by atoms with E-state index in [1.54, 1.807) is 6.92 Å². The SMILES string of the molecule is CCS(=O)(=O)CCCC(=O)c1ccc(Cl)cc1F. The average Bonchev–Trinajstić information content (AvgIpc) is 2.28. The Morgan fingerprint density at radius 2 is 2.06 bits per heavy atom. The maximum Gasteiger partial charge on any atom is 0.165 e. The summed E-state index contributed by atoms with van der Waals surface area (Å²) in [5, 5.41) is 0.220. The lowest BCUT2D eigenvalue weighted by Gasteiger charge is -2.03. The molecule has 0 aromatic heterocycles. The summed E-state index contributed by atoms with van der Waals surface area (Å²) < 4.78 is 35.9. The van der Waals surface area contributed by atoms with Crippen molar-refractivity contribution in [1.29, 1.82) is 0 Å². The number of Topliss-reactive ketones (excluding diaryl/α,β-unsaturated/α-hetero) is 1. The van der Waals surface area contributed by atoms with E-state index in [1.165, 1.54) is 12.1 Å². The van der Waals surface area contributed by atoms with Gasteiger partial charge in [0.1, 0.15) is 15.7 Å². The number of carbonyl (C=O) groups is 1. The van der Waals surface area contributed by atoms with E-state index in [1.807, 2.05) is 0 Å². The molecule has 0 saturated carbocycles. The normalized spacial score (nSPS) is 11.5. The lowest BCUT2D eigenvalue weighted by molar-refractivity contribution is 0.0978. The highest BCUT2D eigenvalue weighted by molar-refractivity contribution is 7.91. The summed E-state index contributed by atoms with van der Waals surface area (Å²) in [7, 11) is -3.08. The van der Waals surface area contributed by atoms with Gasteiger partial charge in [-0.05, 0) is 24.6 Å². The van der Waals surface area contributed by atoms with Crippen molar-refractivity contribution in [2.45, 2.75) is 19.8 Å². The van der Waals surface area contributed by atoms with Gasteiger partial charge < -0.3 is 0 Å². The lowest BCUT2D eigenvalue weighted by Crippen LogP contribution is -2.11. The number of halogens is 2. The van der Waals surface area contributed by atoms with E-state index in [4.69, 9.17) is 11.6 Å². The predicted molar refractivity (Wildman–Crippen MR) is 69.3 cm³/mol. The lowest BCUT2D eigenvalue weighted by atomic mass is 10.1. The summed E-state index contributed by atoms with van der Waals surface area (Å²) in [6, 6.07) is 3.81. The Morgan fingerprint density at radius 3 is 2.61 bits per heavy atom. The van der Waals surface area contributed by atoms with Crippen molar-refractivity contribution in [3.8, 4) is 0 Å². The quantitative estimate of drug-likeness (QED) is 0.758. The predicted octanol–water partition coefficient (Wildman–Crippen LogP) is 2.88. The average molecular weight is 293 g/mol. The van der Waals surface area contributed by atoms with Crippen LogP contribution in [0.25, 0.3) is 0 Å². The summed E-state index contributed by atoms with van der Waals surface area (Å²) >= 11 is 5.57. The van der Waals surface area contributed by atoms with E-state index in [2.05, 4.69) is 0 Å². The molecule has 0 bridgehead atoms. The van der Waals surface area contributed by atoms with Gasteiger partial charge in [-0.1, -0.05) is 18.5 Å². The molecule has 1 aromatic rings. The molecule has 0 atom stereocenters. The van der Waals surface area contributed by atoms with Crippen molar-refractivity contribution in [3.63, 3.8) is 0 Å². The molecule has 0 unspecified atom stereocenters. The first-order chi connectivity index (χ1) is 8.35. The van der Waals surface area contributed by atoms with Gasteiger partial charge in [-0.3, -0.25) is 4.79 Å². The zero-order chi connectivity index (χ0) is 13.8. The Kier molecular flexibility index (Phi) is 5.28. The first kappa shape index (κ1) is 15.1. The maximum absolute atomic E-state index is 13.4. The summed E-state index contributed by atoms with van der Waals surface area (Å²) in [4.78, 5) is 11.7. The van der Waals surface area contributed by atoms with E-state index in [9.17, 15) is 17.6 Å². The van der Waals surface area contributed by atoms with E-state index in [0.29, 0.717) is 0 Å². The first-order valence-electron chi connectivity index (χ1n) is 5.54. The van der Waals surface area contributed by atoms with Crippen molar-refractivity contribution in [2.75, 3.05) is 11.5 Å². The zero-order valence-electron chi connectivity index (χ0n) is 9.95. The number of hydrogen-bond acceptors (Lipinski definition) is 3. The van der Waals surface area contributed by atoms with Gasteiger partial charge >= 0.3 is 0 Å². The molecule has 0 spiro atoms. The summed E-state index contributed by atoms with van der Waals surface area (Å²) in [6.07, 6.45) is 0.217. The highest BCUT2D eigenvalue weighted by atomic mass is 35.5. The van der Waals surface area contributed by atoms with E-state index in [0.717, 1.165) is 6.07 Å². The third kappa shape index (κ3) is 4.38. The number of hydrogen-bond donors (Lipinski definition) is 0. The number of ketones is 1. The minimum absolute atomic E-state index is 0.0117. The van der Waals surface area contributed by atoms with E-state index >= 15 is 0 Å². The molecule has 3 nitrogen and oxygen atoms in total. The molecule has 0 aliphatic carbocycles. The van der Waals surface area contributed by atoms with E-state index < -0.39 is 21.4 Å². The van der Waals surface area contributed by atoms with Crippen LogP contribution in [0.4, 0.5) is 4.39 Å². The third-order valence-corrected chi connectivity index (χ3v) is 4.56. The van der Waals surface area contributed by atoms with Gasteiger partial charge in [-0.2, -0.15) is 0 Å². The van der Waals surface area contributed by atoms with Gasteiger partial charge in [0, 0.05) is 17.2 Å². The first-order valence-corrected chi connectivity index (χ1v) is 7.74. The van der Waals surface area contributed by atoms with Crippen molar-refractivity contribution in [2.24, 2.45) is 0 Å². The molecule has 0 saturated heterocycles. The van der Waals surface area contributed by atoms with Crippen LogP contribution in [0.3, 0.4) is 0 Å². The van der Waals surface area contributed by atoms with Crippen molar-refractivity contribution in [3.05, 3.63) is 34.6 Å². The van der Waals surface area contributed by atoms with Crippen molar-refractivity contribution < 1.29 is 17.6 Å². The fraction of sp³-hybridized carbons (Fsp3) is 0.417. The molecule has 0 aliphatic rings. The minimum Gasteiger partial charge on any atom is -0.294 e. The smallest absolute Gasteiger partial charge is 0.165 e. The van der Waals surface area contributed by atoms with Gasteiger partial charge in [-0.15, -0.1) is 0 Å². The standard InChI is InChI=1S/C12H14ClFO3S/c1-2-18(16,17)7-3-4-12(15)10-6-5-9(13)8-11(10)14/h5-6,8H,2-4,7H2,1H3. The number of carbonyl (C=O) groups excluding carboxylic acids is 1. The van der Waals surface area contributed by atoms with Crippen LogP contribution in [-0.2, 0) is 9.84 Å². The molecule has 6 heteroatoms. The summed E-state index contributed by atoms with van der Waals surface area (Å²) in [5.41, 5.74) is -0.0479. The van der Waals surface area contributed by atoms with Gasteiger partial charge in [0.2, 0.25) is 0 Å². The molecular weight excluding hydrogens is 279 g/mol. The number of benzene rings is 1. The number of sulfone groups is 1. The highest BCUT2D eigenvalue weighted by Crippen LogP contribution is 2.16. The fourth-order valence-electron chi connectivity index (χ4n) is 1.45. The zero-order valence-corrected chi connectivity index (χ0v) is 11.5. The molecule has 0 fully saturated rings. The molecule has 100 valence electrons. The maximum atomic E-state index is 13.4. The van der Waals surface area contributed by atoms with Crippen LogP contribution in [0.5, 0.6) is 0 Å². The van der Waals surface area contributed by atoms with Crippen LogP contribution in [-0.4, -0.2) is 25.7 Å². The van der Waals surface area contributed by atoms with Crippen molar-refractivity contribution >= 4 is 27.2 Å². The number of rotatable bonds is 6. The molecule has 0 amide bonds. The van der Waals surface area contributed by atoms with Crippen LogP contribution in [0.15, 0.2) is 18.2 Å². The van der Waals surface area contributed by atoms with Crippen LogP contribution in [0.1, 0.15) is 30.1 Å². The van der Waals surface area contributed by atoms with Crippen LogP contribution >= 0.6 is 11.6 Å². The molecule has 0 heterocycles. The summed E-state index contributed by atoms with van der Waals surface area (Å²) in [6.45, 7) is 1.55. The van der Waals surface area contributed by atoms with Gasteiger partial charge in [0.05, 0.1) is 11.3 Å². The molecule has 0 radical (unpaired) electrons. The van der Waals surface area contributed by atoms with Gasteiger partial charge in [-0.25, -0.2) is 12.8 Å². The highest BCUT2D eigenvalue weighted by Gasteiger charge is 2.14. The van der Waals surface area contributed by atoms with E-state index in [-0.39, 0.29) is 34.9 Å². The molecule has 0 N–H and O–H groups in total. The van der Waals surface area contributed by atoms with Crippen LogP contribution in [0, 0.1) is 5.82 Å². The van der Waals surface area contributed by atoms with Gasteiger partial charge in [0.15, 0.2) is 5.78 Å². The molecule has 1 rings (SSSR count). The largest absolute Gasteiger partial charge is 0.294 e. The van der Waals surface area contributed by atoms with Crippen LogP contribution < -0.4 is 0 Å². The monoisotopic (exact) mass is 292 g/mol. The molecule has 18 heavy (non-hydrogen) atoms. The second-order valence-corrected chi connectivity index (χ2v) is 6.80. The Labute approximate surface area is 111 Å². The Morgan fingerprint density at radius 1 is 1.39 bits per heavy atom. The molecule has 0 aliphatic heterocycles. The Bertz CT molecular complexity index is 540. The summed E-state index contributed by atoms with van der Waals surface area (Å²) in [5.74, 6) is -1.08. The molecule has 1 aromatic carbocycles. The fourth-order valence-corrected chi connectivity index (χ4v) is 2.48. The van der Waals surface area contributed by atoms with Crippen molar-refractivity contribution in [1.82, 2.24) is 0 Å². The third-order valence-electron chi connectivity index (χ3n) is 2.53. The second kappa shape index (κ2) is 6.29. The topological polar surface area (TPSA) is 51.2 Å².